The lowest BCUT2D eigenvalue weighted by Crippen LogP contribution is -2.27. The fraction of sp³-hybridized carbons (Fsp3) is 0.667. The zero-order valence-corrected chi connectivity index (χ0v) is 15.6. The summed E-state index contributed by atoms with van der Waals surface area (Å²) in [5.74, 6) is 1.05. The van der Waals surface area contributed by atoms with Gasteiger partial charge in [-0.15, -0.1) is 0 Å². The molecule has 0 bridgehead atoms. The Balaban J connectivity index is 2.54. The number of ether oxygens (including phenoxy) is 1. The van der Waals surface area contributed by atoms with E-state index in [0.29, 0.717) is 11.5 Å². The van der Waals surface area contributed by atoms with E-state index in [2.05, 4.69) is 55.0 Å². The van der Waals surface area contributed by atoms with E-state index in [-0.39, 0.29) is 0 Å². The second-order valence-electron chi connectivity index (χ2n) is 6.98. The summed E-state index contributed by atoms with van der Waals surface area (Å²) in [6, 6.07) is 2.57. The smallest absolute Gasteiger partial charge is 0.122 e. The number of hydrogen-bond donors (Lipinski definition) is 1. The molecule has 1 N–H and O–H groups in total. The molecule has 1 aliphatic carbocycles. The maximum absolute atomic E-state index is 5.68. The minimum atomic E-state index is 0.350. The summed E-state index contributed by atoms with van der Waals surface area (Å²) in [6.07, 6.45) is 4.63. The van der Waals surface area contributed by atoms with Gasteiger partial charge in [-0.05, 0) is 61.8 Å². The van der Waals surface area contributed by atoms with Crippen LogP contribution in [0.3, 0.4) is 0 Å². The summed E-state index contributed by atoms with van der Waals surface area (Å²) in [7, 11) is 1.79. The minimum Gasteiger partial charge on any atom is -0.496 e. The fourth-order valence-electron chi connectivity index (χ4n) is 3.34. The van der Waals surface area contributed by atoms with E-state index in [1.54, 1.807) is 7.11 Å². The zero-order chi connectivity index (χ0) is 15.6. The molecule has 3 heteroatoms. The van der Waals surface area contributed by atoms with Crippen LogP contribution in [0.15, 0.2) is 10.5 Å². The van der Waals surface area contributed by atoms with E-state index < -0.39 is 0 Å². The molecule has 1 aliphatic rings. The van der Waals surface area contributed by atoms with Crippen LogP contribution in [-0.4, -0.2) is 13.7 Å². The molecule has 1 aromatic carbocycles. The molecule has 0 aromatic heterocycles. The van der Waals surface area contributed by atoms with Crippen LogP contribution in [0.1, 0.15) is 62.8 Å². The fourth-order valence-corrected chi connectivity index (χ4v) is 3.97. The normalized spacial score (nSPS) is 20.8. The number of halogens is 1. The second-order valence-corrected chi connectivity index (χ2v) is 7.77. The van der Waals surface area contributed by atoms with Gasteiger partial charge in [0.05, 0.1) is 7.11 Å². The van der Waals surface area contributed by atoms with E-state index in [1.807, 2.05) is 0 Å². The van der Waals surface area contributed by atoms with Gasteiger partial charge in [0, 0.05) is 16.1 Å². The molecule has 1 atom stereocenters. The van der Waals surface area contributed by atoms with Gasteiger partial charge in [-0.3, -0.25) is 0 Å². The first kappa shape index (κ1) is 16.8. The number of nitrogens with one attached hydrogen (secondary N) is 1. The Morgan fingerprint density at radius 1 is 1.43 bits per heavy atom. The van der Waals surface area contributed by atoms with Crippen LogP contribution in [0.5, 0.6) is 5.75 Å². The molecule has 2 rings (SSSR count). The Bertz CT molecular complexity index is 510. The van der Waals surface area contributed by atoms with Crippen LogP contribution in [-0.2, 0) is 6.42 Å². The maximum Gasteiger partial charge on any atom is 0.122 e. The highest BCUT2D eigenvalue weighted by Gasteiger charge is 2.32. The van der Waals surface area contributed by atoms with Gasteiger partial charge in [-0.25, -0.2) is 0 Å². The van der Waals surface area contributed by atoms with Gasteiger partial charge in [0.2, 0.25) is 0 Å². The van der Waals surface area contributed by atoms with Crippen molar-refractivity contribution in [2.75, 3.05) is 13.7 Å². The van der Waals surface area contributed by atoms with Crippen molar-refractivity contribution in [2.24, 2.45) is 5.41 Å². The lowest BCUT2D eigenvalue weighted by atomic mass is 9.83. The molecule has 0 heterocycles. The number of hydrogen-bond acceptors (Lipinski definition) is 2. The molecule has 0 radical (unpaired) electrons. The molecule has 0 amide bonds. The van der Waals surface area contributed by atoms with Crippen LogP contribution in [0.25, 0.3) is 0 Å². The molecule has 21 heavy (non-hydrogen) atoms. The van der Waals surface area contributed by atoms with Crippen molar-refractivity contribution >= 4 is 15.9 Å². The number of rotatable bonds is 4. The van der Waals surface area contributed by atoms with Crippen LogP contribution in [0, 0.1) is 12.3 Å². The van der Waals surface area contributed by atoms with Crippen molar-refractivity contribution in [3.8, 4) is 5.75 Å². The quantitative estimate of drug-likeness (QED) is 0.753. The van der Waals surface area contributed by atoms with E-state index in [1.165, 1.54) is 34.0 Å². The van der Waals surface area contributed by atoms with Crippen LogP contribution in [0.2, 0.25) is 0 Å². The van der Waals surface area contributed by atoms with Crippen molar-refractivity contribution in [1.29, 1.82) is 0 Å². The van der Waals surface area contributed by atoms with Gasteiger partial charge < -0.3 is 10.1 Å². The zero-order valence-electron chi connectivity index (χ0n) is 14.0. The van der Waals surface area contributed by atoms with Gasteiger partial charge in [0.15, 0.2) is 0 Å². The van der Waals surface area contributed by atoms with Gasteiger partial charge in [0.25, 0.3) is 0 Å². The summed E-state index contributed by atoms with van der Waals surface area (Å²) >= 11 is 3.84. The third kappa shape index (κ3) is 3.62. The molecule has 0 spiro atoms. The Kier molecular flexibility index (Phi) is 5.37. The standard InChI is InChI=1S/C18H28BrNO/c1-6-9-20-14-11-18(3,4)8-7-13-15(21-5)10-12(2)17(19)16(13)14/h10,14,20H,6-9,11H2,1-5H3. The molecule has 118 valence electrons. The lowest BCUT2D eigenvalue weighted by molar-refractivity contribution is 0.273. The Morgan fingerprint density at radius 2 is 2.14 bits per heavy atom. The summed E-state index contributed by atoms with van der Waals surface area (Å²) in [6.45, 7) is 10.2. The maximum atomic E-state index is 5.68. The average molecular weight is 354 g/mol. The Morgan fingerprint density at radius 3 is 2.76 bits per heavy atom. The van der Waals surface area contributed by atoms with E-state index >= 15 is 0 Å². The van der Waals surface area contributed by atoms with Crippen molar-refractivity contribution in [1.82, 2.24) is 5.32 Å². The Labute approximate surface area is 137 Å². The van der Waals surface area contributed by atoms with Gasteiger partial charge >= 0.3 is 0 Å². The molecule has 2 nitrogen and oxygen atoms in total. The van der Waals surface area contributed by atoms with Gasteiger partial charge in [0.1, 0.15) is 5.75 Å². The van der Waals surface area contributed by atoms with Crippen molar-refractivity contribution in [2.45, 2.75) is 59.4 Å². The van der Waals surface area contributed by atoms with E-state index in [0.717, 1.165) is 25.1 Å². The predicted octanol–water partition coefficient (Wildman–Crippen LogP) is 5.17. The monoisotopic (exact) mass is 353 g/mol. The highest BCUT2D eigenvalue weighted by molar-refractivity contribution is 9.10. The molecular formula is C18H28BrNO. The molecule has 0 aliphatic heterocycles. The third-order valence-electron chi connectivity index (χ3n) is 4.57. The van der Waals surface area contributed by atoms with Gasteiger partial charge in [-0.1, -0.05) is 36.7 Å². The summed E-state index contributed by atoms with van der Waals surface area (Å²) in [4.78, 5) is 0. The summed E-state index contributed by atoms with van der Waals surface area (Å²) < 4.78 is 6.93. The highest BCUT2D eigenvalue weighted by Crippen LogP contribution is 2.45. The molecule has 1 aromatic rings. The molecular weight excluding hydrogens is 326 g/mol. The Hall–Kier alpha value is -0.540. The van der Waals surface area contributed by atoms with E-state index in [9.17, 15) is 0 Å². The van der Waals surface area contributed by atoms with Crippen LogP contribution >= 0.6 is 15.9 Å². The van der Waals surface area contributed by atoms with Gasteiger partial charge in [-0.2, -0.15) is 0 Å². The first-order valence-corrected chi connectivity index (χ1v) is 8.78. The first-order valence-electron chi connectivity index (χ1n) is 7.99. The largest absolute Gasteiger partial charge is 0.496 e. The van der Waals surface area contributed by atoms with Crippen molar-refractivity contribution in [3.63, 3.8) is 0 Å². The number of fused-ring (bicyclic) bond motifs is 1. The molecule has 0 saturated heterocycles. The number of methoxy groups -OCH3 is 1. The van der Waals surface area contributed by atoms with Crippen LogP contribution < -0.4 is 10.1 Å². The summed E-state index contributed by atoms with van der Waals surface area (Å²) in [5, 5.41) is 3.76. The molecule has 0 saturated carbocycles. The minimum absolute atomic E-state index is 0.350. The third-order valence-corrected chi connectivity index (χ3v) is 5.62. The van der Waals surface area contributed by atoms with Crippen molar-refractivity contribution in [3.05, 3.63) is 27.2 Å². The lowest BCUT2D eigenvalue weighted by Gasteiger charge is -2.28. The second kappa shape index (κ2) is 6.70. The van der Waals surface area contributed by atoms with E-state index in [4.69, 9.17) is 4.74 Å². The highest BCUT2D eigenvalue weighted by atomic mass is 79.9. The molecule has 1 unspecified atom stereocenters. The summed E-state index contributed by atoms with van der Waals surface area (Å²) in [5.41, 5.74) is 4.41. The topological polar surface area (TPSA) is 21.3 Å². The predicted molar refractivity (Wildman–Crippen MR) is 93.2 cm³/mol. The van der Waals surface area contributed by atoms with Crippen molar-refractivity contribution < 1.29 is 4.74 Å². The molecule has 0 fully saturated rings. The first-order chi connectivity index (χ1) is 9.89. The SMILES string of the molecule is CCCNC1CC(C)(C)CCc2c(OC)cc(C)c(Br)c21. The number of benzene rings is 1. The van der Waals surface area contributed by atoms with Crippen LogP contribution in [0.4, 0.5) is 0 Å². The average Bonchev–Trinajstić information content (AvgIpc) is 2.57. The number of aryl methyl sites for hydroxylation is 1.